The van der Waals surface area contributed by atoms with Crippen molar-refractivity contribution in [2.75, 3.05) is 0 Å². The van der Waals surface area contributed by atoms with E-state index in [4.69, 9.17) is 47.6 Å². The van der Waals surface area contributed by atoms with Gasteiger partial charge >= 0.3 is 0 Å². The molecule has 2 atom stereocenters. The first-order chi connectivity index (χ1) is 11.5. The molecule has 0 bridgehead atoms. The molecular formula is C16H12Cl2N4S2. The highest BCUT2D eigenvalue weighted by Gasteiger charge is 2.47. The molecule has 2 fully saturated rings. The fourth-order valence-electron chi connectivity index (χ4n) is 2.97. The number of hydrogen-bond donors (Lipinski definition) is 2. The van der Waals surface area contributed by atoms with Crippen LogP contribution in [-0.2, 0) is 0 Å². The second-order valence-electron chi connectivity index (χ2n) is 5.50. The number of fused-ring (bicyclic) bond motifs is 1. The third-order valence-corrected chi connectivity index (χ3v) is 5.07. The summed E-state index contributed by atoms with van der Waals surface area (Å²) in [5, 5.41) is 13.0. The van der Waals surface area contributed by atoms with Crippen LogP contribution >= 0.6 is 47.6 Å². The zero-order valence-corrected chi connectivity index (χ0v) is 15.4. The minimum atomic E-state index is -0.194. The molecule has 2 heterocycles. The number of thiocarbonyl (C=S) groups is 2. The van der Waals surface area contributed by atoms with Crippen LogP contribution in [0.5, 0.6) is 0 Å². The molecule has 2 N–H and O–H groups in total. The number of rotatable bonds is 2. The van der Waals surface area contributed by atoms with Crippen LogP contribution < -0.4 is 10.6 Å². The molecule has 2 aromatic carbocycles. The third-order valence-electron chi connectivity index (χ3n) is 3.99. The highest BCUT2D eigenvalue weighted by molar-refractivity contribution is 7.80. The van der Waals surface area contributed by atoms with Gasteiger partial charge in [0.15, 0.2) is 10.2 Å². The smallest absolute Gasteiger partial charge is 0.192 e. The zero-order chi connectivity index (χ0) is 16.8. The molecule has 2 unspecified atom stereocenters. The molecule has 8 heteroatoms. The lowest BCUT2D eigenvalue weighted by Crippen LogP contribution is -2.36. The normalized spacial score (nSPS) is 22.4. The summed E-state index contributed by atoms with van der Waals surface area (Å²) in [6.45, 7) is 0. The minimum absolute atomic E-state index is 0.194. The second-order valence-corrected chi connectivity index (χ2v) is 7.15. The maximum absolute atomic E-state index is 6.13. The molecule has 2 aliphatic rings. The molecule has 2 aliphatic heterocycles. The van der Waals surface area contributed by atoms with Crippen LogP contribution in [0, 0.1) is 0 Å². The van der Waals surface area contributed by atoms with Crippen molar-refractivity contribution in [2.45, 2.75) is 12.3 Å². The Labute approximate surface area is 160 Å². The fourth-order valence-corrected chi connectivity index (χ4v) is 3.98. The average Bonchev–Trinajstić information content (AvgIpc) is 3.07. The van der Waals surface area contributed by atoms with Crippen molar-refractivity contribution >= 4 is 57.9 Å². The Bertz CT molecular complexity index is 775. The zero-order valence-electron chi connectivity index (χ0n) is 12.2. The Morgan fingerprint density at radius 3 is 1.54 bits per heavy atom. The molecule has 2 aromatic rings. The molecule has 122 valence electrons. The molecule has 0 aromatic heterocycles. The van der Waals surface area contributed by atoms with Crippen LogP contribution in [-0.4, -0.2) is 20.2 Å². The van der Waals surface area contributed by atoms with E-state index in [9.17, 15) is 0 Å². The fraction of sp³-hybridized carbons (Fsp3) is 0.125. The number of nitrogens with zero attached hydrogens (tertiary/aromatic N) is 2. The van der Waals surface area contributed by atoms with Gasteiger partial charge in [0.05, 0.1) is 0 Å². The second kappa shape index (κ2) is 6.04. The molecule has 0 radical (unpaired) electrons. The summed E-state index contributed by atoms with van der Waals surface area (Å²) in [5.41, 5.74) is 1.98. The van der Waals surface area contributed by atoms with Crippen molar-refractivity contribution in [3.05, 3.63) is 69.7 Å². The molecule has 0 spiro atoms. The van der Waals surface area contributed by atoms with Gasteiger partial charge in [0.1, 0.15) is 12.3 Å². The first-order valence-corrected chi connectivity index (χ1v) is 8.82. The van der Waals surface area contributed by atoms with Crippen molar-refractivity contribution in [3.8, 4) is 0 Å². The van der Waals surface area contributed by atoms with E-state index in [1.165, 1.54) is 0 Å². The Morgan fingerprint density at radius 1 is 0.750 bits per heavy atom. The summed E-state index contributed by atoms with van der Waals surface area (Å²) in [4.78, 5) is 0. The van der Waals surface area contributed by atoms with Gasteiger partial charge in [0.2, 0.25) is 0 Å². The standard InChI is InChI=1S/C16H12Cl2N4S2/c17-11-5-1-3-9(7-11)13-19-15(23)22-14(20-16(24)21(13)22)10-4-2-6-12(18)8-10/h1-8,13-14H,(H,19,23)(H,20,24). The quantitative estimate of drug-likeness (QED) is 0.748. The van der Waals surface area contributed by atoms with Crippen LogP contribution in [0.3, 0.4) is 0 Å². The maximum Gasteiger partial charge on any atom is 0.192 e. The lowest BCUT2D eigenvalue weighted by molar-refractivity contribution is 0.114. The summed E-state index contributed by atoms with van der Waals surface area (Å²) >= 11 is 23.3. The summed E-state index contributed by atoms with van der Waals surface area (Å²) in [5.74, 6) is 0. The van der Waals surface area contributed by atoms with Crippen LogP contribution in [0.4, 0.5) is 0 Å². The van der Waals surface area contributed by atoms with Gasteiger partial charge < -0.3 is 10.6 Å². The molecule has 4 rings (SSSR count). The first kappa shape index (κ1) is 15.9. The van der Waals surface area contributed by atoms with E-state index >= 15 is 0 Å². The topological polar surface area (TPSA) is 30.5 Å². The summed E-state index contributed by atoms with van der Waals surface area (Å²) in [6, 6.07) is 15.3. The van der Waals surface area contributed by atoms with Gasteiger partial charge in [-0.05, 0) is 59.8 Å². The molecule has 0 saturated carbocycles. The van der Waals surface area contributed by atoms with E-state index in [0.717, 1.165) is 11.1 Å². The van der Waals surface area contributed by atoms with Gasteiger partial charge in [-0.1, -0.05) is 47.5 Å². The molecule has 4 nitrogen and oxygen atoms in total. The van der Waals surface area contributed by atoms with Crippen LogP contribution in [0.2, 0.25) is 10.0 Å². The monoisotopic (exact) mass is 394 g/mol. The van der Waals surface area contributed by atoms with E-state index in [2.05, 4.69) is 10.6 Å². The number of hydrazine groups is 1. The summed E-state index contributed by atoms with van der Waals surface area (Å²) in [7, 11) is 0. The number of hydrogen-bond acceptors (Lipinski definition) is 2. The Hall–Kier alpha value is -1.60. The third kappa shape index (κ3) is 2.59. The van der Waals surface area contributed by atoms with E-state index in [1.54, 1.807) is 0 Å². The highest BCUT2D eigenvalue weighted by Crippen LogP contribution is 2.37. The summed E-state index contributed by atoms with van der Waals surface area (Å²) in [6.07, 6.45) is -0.388. The van der Waals surface area contributed by atoms with Gasteiger partial charge in [-0.15, -0.1) is 0 Å². The minimum Gasteiger partial charge on any atom is -0.336 e. The lowest BCUT2D eigenvalue weighted by atomic mass is 10.2. The van der Waals surface area contributed by atoms with Crippen LogP contribution in [0.15, 0.2) is 48.5 Å². The van der Waals surface area contributed by atoms with E-state index in [0.29, 0.717) is 20.3 Å². The van der Waals surface area contributed by atoms with E-state index in [1.807, 2.05) is 58.5 Å². The molecule has 0 amide bonds. The Morgan fingerprint density at radius 2 is 1.17 bits per heavy atom. The lowest BCUT2D eigenvalue weighted by Gasteiger charge is -2.26. The van der Waals surface area contributed by atoms with Crippen molar-refractivity contribution < 1.29 is 0 Å². The van der Waals surface area contributed by atoms with Crippen molar-refractivity contribution in [1.82, 2.24) is 20.7 Å². The summed E-state index contributed by atoms with van der Waals surface area (Å²) < 4.78 is 0. The Balaban J connectivity index is 1.72. The predicted molar refractivity (Wildman–Crippen MR) is 104 cm³/mol. The maximum atomic E-state index is 6.13. The number of halogens is 2. The molecular weight excluding hydrogens is 383 g/mol. The van der Waals surface area contributed by atoms with Gasteiger partial charge in [0, 0.05) is 10.0 Å². The largest absolute Gasteiger partial charge is 0.336 e. The van der Waals surface area contributed by atoms with Crippen molar-refractivity contribution in [2.24, 2.45) is 0 Å². The van der Waals surface area contributed by atoms with Crippen molar-refractivity contribution in [1.29, 1.82) is 0 Å². The van der Waals surface area contributed by atoms with Crippen LogP contribution in [0.25, 0.3) is 0 Å². The average molecular weight is 395 g/mol. The molecule has 0 aliphatic carbocycles. The first-order valence-electron chi connectivity index (χ1n) is 7.25. The van der Waals surface area contributed by atoms with Gasteiger partial charge in [0.25, 0.3) is 0 Å². The van der Waals surface area contributed by atoms with Gasteiger partial charge in [-0.2, -0.15) is 0 Å². The predicted octanol–water partition coefficient (Wildman–Crippen LogP) is 3.99. The highest BCUT2D eigenvalue weighted by atomic mass is 35.5. The van der Waals surface area contributed by atoms with Gasteiger partial charge in [-0.3, -0.25) is 0 Å². The van der Waals surface area contributed by atoms with Crippen LogP contribution in [0.1, 0.15) is 23.5 Å². The van der Waals surface area contributed by atoms with Gasteiger partial charge in [-0.25, -0.2) is 10.0 Å². The molecule has 24 heavy (non-hydrogen) atoms. The van der Waals surface area contributed by atoms with Crippen molar-refractivity contribution in [3.63, 3.8) is 0 Å². The number of benzene rings is 2. The number of nitrogens with one attached hydrogen (secondary N) is 2. The molecule has 2 saturated heterocycles. The Kier molecular flexibility index (Phi) is 4.00. The van der Waals surface area contributed by atoms with E-state index in [-0.39, 0.29) is 12.3 Å². The van der Waals surface area contributed by atoms with E-state index < -0.39 is 0 Å². The SMILES string of the molecule is S=C1NC(c2cccc(Cl)c2)N2C(=S)NC(c3cccc(Cl)c3)N12.